The Morgan fingerprint density at radius 3 is 2.48 bits per heavy atom. The molecule has 2 heterocycles. The van der Waals surface area contributed by atoms with Crippen LogP contribution >= 0.6 is 0 Å². The van der Waals surface area contributed by atoms with Gasteiger partial charge < -0.3 is 14.8 Å². The highest BCUT2D eigenvalue weighted by molar-refractivity contribution is 5.94. The minimum Gasteiger partial charge on any atom is -0.495 e. The Morgan fingerprint density at radius 1 is 1.28 bits per heavy atom. The second kappa shape index (κ2) is 9.15. The molecule has 0 saturated carbocycles. The van der Waals surface area contributed by atoms with Crippen LogP contribution in [0.15, 0.2) is 12.3 Å². The van der Waals surface area contributed by atoms with E-state index < -0.39 is 0 Å². The number of anilines is 1. The van der Waals surface area contributed by atoms with E-state index in [9.17, 15) is 4.79 Å². The summed E-state index contributed by atoms with van der Waals surface area (Å²) in [7, 11) is 1.65. The number of aromatic nitrogens is 1. The predicted octanol–water partition coefficient (Wildman–Crippen LogP) is 3.08. The second-order valence-corrected chi connectivity index (χ2v) is 6.57. The highest BCUT2D eigenvalue weighted by atomic mass is 16.5. The Kier molecular flexibility index (Phi) is 7.20. The standard InChI is InChI=1S/C19H31N3O3/c1-5-19(6-2,7-3)18(23)21-17-12-15(16(24-4)13-20-17)14-22-8-10-25-11-9-22/h12-13H,5-11,14H2,1-4H3,(H,20,21,23). The van der Waals surface area contributed by atoms with Crippen LogP contribution in [0.25, 0.3) is 0 Å². The van der Waals surface area contributed by atoms with Crippen molar-refractivity contribution in [3.63, 3.8) is 0 Å². The van der Waals surface area contributed by atoms with Crippen LogP contribution in [0, 0.1) is 5.41 Å². The molecule has 0 atom stereocenters. The highest BCUT2D eigenvalue weighted by Crippen LogP contribution is 2.32. The van der Waals surface area contributed by atoms with Gasteiger partial charge in [0.05, 0.1) is 26.5 Å². The second-order valence-electron chi connectivity index (χ2n) is 6.57. The first kappa shape index (κ1) is 19.7. The summed E-state index contributed by atoms with van der Waals surface area (Å²) in [6, 6.07) is 1.93. The van der Waals surface area contributed by atoms with Gasteiger partial charge in [0.25, 0.3) is 0 Å². The first-order valence-corrected chi connectivity index (χ1v) is 9.23. The Bertz CT molecular complexity index is 559. The number of nitrogens with one attached hydrogen (secondary N) is 1. The van der Waals surface area contributed by atoms with Gasteiger partial charge in [-0.3, -0.25) is 9.69 Å². The van der Waals surface area contributed by atoms with Crippen LogP contribution in [-0.4, -0.2) is 49.2 Å². The van der Waals surface area contributed by atoms with Gasteiger partial charge in [-0.1, -0.05) is 20.8 Å². The van der Waals surface area contributed by atoms with Crippen LogP contribution in [0.1, 0.15) is 45.6 Å². The summed E-state index contributed by atoms with van der Waals surface area (Å²) in [6.45, 7) is 10.3. The van der Waals surface area contributed by atoms with E-state index in [1.165, 1.54) is 0 Å². The van der Waals surface area contributed by atoms with Crippen molar-refractivity contribution in [1.82, 2.24) is 9.88 Å². The third-order valence-electron chi connectivity index (χ3n) is 5.42. The topological polar surface area (TPSA) is 63.7 Å². The van der Waals surface area contributed by atoms with Crippen molar-refractivity contribution in [3.8, 4) is 5.75 Å². The van der Waals surface area contributed by atoms with E-state index in [0.29, 0.717) is 5.82 Å². The van der Waals surface area contributed by atoms with E-state index in [1.54, 1.807) is 13.3 Å². The maximum atomic E-state index is 12.8. The molecule has 0 radical (unpaired) electrons. The number of ether oxygens (including phenoxy) is 2. The molecule has 1 aliphatic rings. The number of carbonyl (C=O) groups is 1. The maximum Gasteiger partial charge on any atom is 0.231 e. The summed E-state index contributed by atoms with van der Waals surface area (Å²) >= 11 is 0. The third kappa shape index (κ3) is 4.70. The van der Waals surface area contributed by atoms with Crippen molar-refractivity contribution in [1.29, 1.82) is 0 Å². The summed E-state index contributed by atoms with van der Waals surface area (Å²) < 4.78 is 10.8. The van der Waals surface area contributed by atoms with Gasteiger partial charge in [0.15, 0.2) is 0 Å². The molecule has 1 N–H and O–H groups in total. The lowest BCUT2D eigenvalue weighted by atomic mass is 9.79. The smallest absolute Gasteiger partial charge is 0.231 e. The Morgan fingerprint density at radius 2 is 1.92 bits per heavy atom. The average molecular weight is 349 g/mol. The maximum absolute atomic E-state index is 12.8. The molecule has 6 nitrogen and oxygen atoms in total. The Labute approximate surface area is 150 Å². The van der Waals surface area contributed by atoms with E-state index >= 15 is 0 Å². The molecule has 25 heavy (non-hydrogen) atoms. The van der Waals surface area contributed by atoms with Crippen LogP contribution < -0.4 is 10.1 Å². The Hall–Kier alpha value is -1.66. The predicted molar refractivity (Wildman–Crippen MR) is 98.8 cm³/mol. The molecular formula is C19H31N3O3. The van der Waals surface area contributed by atoms with Gasteiger partial charge in [0, 0.05) is 30.6 Å². The van der Waals surface area contributed by atoms with Crippen molar-refractivity contribution in [3.05, 3.63) is 17.8 Å². The average Bonchev–Trinajstić information content (AvgIpc) is 2.65. The minimum absolute atomic E-state index is 0.0509. The summed E-state index contributed by atoms with van der Waals surface area (Å²) in [6.07, 6.45) is 4.16. The fraction of sp³-hybridized carbons (Fsp3) is 0.684. The van der Waals surface area contributed by atoms with Gasteiger partial charge in [0.1, 0.15) is 11.6 Å². The molecule has 0 aliphatic carbocycles. The van der Waals surface area contributed by atoms with E-state index in [2.05, 4.69) is 36.0 Å². The molecule has 0 unspecified atom stereocenters. The summed E-state index contributed by atoms with van der Waals surface area (Å²) in [5.74, 6) is 1.39. The van der Waals surface area contributed by atoms with Crippen LogP contribution in [0.2, 0.25) is 0 Å². The van der Waals surface area contributed by atoms with Crippen molar-refractivity contribution in [2.45, 2.75) is 46.6 Å². The van der Waals surface area contributed by atoms with Gasteiger partial charge in [-0.15, -0.1) is 0 Å². The lowest BCUT2D eigenvalue weighted by Crippen LogP contribution is -2.36. The number of morpholine rings is 1. The van der Waals surface area contributed by atoms with E-state index in [-0.39, 0.29) is 11.3 Å². The van der Waals surface area contributed by atoms with Gasteiger partial charge in [-0.2, -0.15) is 0 Å². The number of methoxy groups -OCH3 is 1. The van der Waals surface area contributed by atoms with E-state index in [4.69, 9.17) is 9.47 Å². The van der Waals surface area contributed by atoms with Gasteiger partial charge in [-0.25, -0.2) is 4.98 Å². The third-order valence-corrected chi connectivity index (χ3v) is 5.42. The monoisotopic (exact) mass is 349 g/mol. The molecule has 0 bridgehead atoms. The van der Waals surface area contributed by atoms with Crippen LogP contribution in [0.5, 0.6) is 5.75 Å². The quantitative estimate of drug-likeness (QED) is 0.781. The molecule has 1 aliphatic heterocycles. The van der Waals surface area contributed by atoms with Gasteiger partial charge in [-0.05, 0) is 25.3 Å². The highest BCUT2D eigenvalue weighted by Gasteiger charge is 2.33. The van der Waals surface area contributed by atoms with Crippen molar-refractivity contribution < 1.29 is 14.3 Å². The molecule has 0 spiro atoms. The molecular weight excluding hydrogens is 318 g/mol. The van der Waals surface area contributed by atoms with Crippen molar-refractivity contribution in [2.24, 2.45) is 5.41 Å². The summed E-state index contributed by atoms with van der Waals surface area (Å²) in [4.78, 5) is 19.5. The molecule has 1 aromatic heterocycles. The van der Waals surface area contributed by atoms with Crippen LogP contribution in [0.4, 0.5) is 5.82 Å². The minimum atomic E-state index is -0.327. The summed E-state index contributed by atoms with van der Waals surface area (Å²) in [5.41, 5.74) is 0.705. The number of pyridine rings is 1. The molecule has 1 aromatic rings. The molecule has 6 heteroatoms. The number of rotatable bonds is 8. The van der Waals surface area contributed by atoms with Crippen molar-refractivity contribution in [2.75, 3.05) is 38.7 Å². The fourth-order valence-corrected chi connectivity index (χ4v) is 3.34. The van der Waals surface area contributed by atoms with Crippen molar-refractivity contribution >= 4 is 11.7 Å². The van der Waals surface area contributed by atoms with Crippen LogP contribution in [-0.2, 0) is 16.1 Å². The number of amides is 1. The first-order valence-electron chi connectivity index (χ1n) is 9.23. The van der Waals surface area contributed by atoms with Gasteiger partial charge >= 0.3 is 0 Å². The lowest BCUT2D eigenvalue weighted by Gasteiger charge is -2.29. The molecule has 1 amide bonds. The van der Waals surface area contributed by atoms with Crippen LogP contribution in [0.3, 0.4) is 0 Å². The number of carbonyl (C=O) groups excluding carboxylic acids is 1. The molecule has 0 aromatic carbocycles. The zero-order valence-corrected chi connectivity index (χ0v) is 15.9. The van der Waals surface area contributed by atoms with Gasteiger partial charge in [0.2, 0.25) is 5.91 Å². The largest absolute Gasteiger partial charge is 0.495 e. The zero-order chi connectivity index (χ0) is 18.3. The normalized spacial score (nSPS) is 15.8. The molecule has 2 rings (SSSR count). The van der Waals surface area contributed by atoms with E-state index in [0.717, 1.165) is 63.4 Å². The number of nitrogens with zero attached hydrogens (tertiary/aromatic N) is 2. The zero-order valence-electron chi connectivity index (χ0n) is 15.9. The Balaban J connectivity index is 2.15. The summed E-state index contributed by atoms with van der Waals surface area (Å²) in [5, 5.41) is 3.02. The first-order chi connectivity index (χ1) is 12.1. The molecule has 1 saturated heterocycles. The number of hydrogen-bond donors (Lipinski definition) is 1. The van der Waals surface area contributed by atoms with E-state index in [1.807, 2.05) is 6.07 Å². The molecule has 1 fully saturated rings. The number of hydrogen-bond acceptors (Lipinski definition) is 5. The fourth-order valence-electron chi connectivity index (χ4n) is 3.34. The SMILES string of the molecule is CCC(CC)(CC)C(=O)Nc1cc(CN2CCOCC2)c(OC)cn1. The lowest BCUT2D eigenvalue weighted by molar-refractivity contribution is -0.126. The molecule has 140 valence electrons.